The highest BCUT2D eigenvalue weighted by atomic mass is 16.5. The van der Waals surface area contributed by atoms with Gasteiger partial charge in [-0.1, -0.05) is 39.8 Å². The molecule has 0 aliphatic carbocycles. The van der Waals surface area contributed by atoms with Crippen LogP contribution < -0.4 is 15.2 Å². The zero-order chi connectivity index (χ0) is 23.8. The maximum Gasteiger partial charge on any atom is 0.252 e. The summed E-state index contributed by atoms with van der Waals surface area (Å²) in [5.74, 6) is 1.17. The van der Waals surface area contributed by atoms with E-state index in [9.17, 15) is 10.1 Å². The second kappa shape index (κ2) is 8.90. The minimum Gasteiger partial charge on any atom is -0.490 e. The Bertz CT molecular complexity index is 1250. The van der Waals surface area contributed by atoms with Crippen LogP contribution in [0, 0.1) is 17.2 Å². The first-order valence-corrected chi connectivity index (χ1v) is 11.7. The number of hydrogen-bond acceptors (Lipinski definition) is 5. The van der Waals surface area contributed by atoms with Crippen molar-refractivity contribution < 1.29 is 4.74 Å². The maximum absolute atomic E-state index is 12.6. The molecule has 1 unspecified atom stereocenters. The Morgan fingerprint density at radius 2 is 1.94 bits per heavy atom. The Morgan fingerprint density at radius 3 is 2.58 bits per heavy atom. The molecule has 0 saturated carbocycles. The molecule has 1 fully saturated rings. The van der Waals surface area contributed by atoms with Gasteiger partial charge in [0.2, 0.25) is 0 Å². The molecule has 1 aliphatic heterocycles. The number of nitrogens with zero attached hydrogens (tertiary/aromatic N) is 4. The number of nitriles is 1. The van der Waals surface area contributed by atoms with Crippen molar-refractivity contribution in [1.29, 1.82) is 5.26 Å². The standard InChI is InChI=1S/C27H32N4O2/c1-6-27(3,4)19-7-10-21(11-8-19)33-24-13-14-31(17-18(24)2)23-15-25(32)30(5)22-12-9-20(16-28)29-26(22)23/h7-12,15,18,24H,6,13-14,17H2,1-5H3/t18?,24-/m1/s1. The van der Waals surface area contributed by atoms with Crippen LogP contribution in [-0.2, 0) is 12.5 Å². The fourth-order valence-corrected chi connectivity index (χ4v) is 4.50. The molecule has 1 aliphatic rings. The average molecular weight is 445 g/mol. The van der Waals surface area contributed by atoms with E-state index in [1.165, 1.54) is 5.56 Å². The molecule has 4 rings (SSSR count). The van der Waals surface area contributed by atoms with Gasteiger partial charge in [0.1, 0.15) is 29.1 Å². The van der Waals surface area contributed by atoms with Crippen molar-refractivity contribution in [2.24, 2.45) is 13.0 Å². The molecule has 0 amide bonds. The van der Waals surface area contributed by atoms with Gasteiger partial charge < -0.3 is 14.2 Å². The van der Waals surface area contributed by atoms with Crippen molar-refractivity contribution in [3.05, 3.63) is 64.1 Å². The summed E-state index contributed by atoms with van der Waals surface area (Å²) >= 11 is 0. The second-order valence-electron chi connectivity index (χ2n) is 9.73. The highest BCUT2D eigenvalue weighted by Gasteiger charge is 2.29. The molecular weight excluding hydrogens is 412 g/mol. The SMILES string of the molecule is CCC(C)(C)c1ccc(O[C@@H]2CCN(c3cc(=O)n(C)c4ccc(C#N)nc34)CC2C)cc1. The summed E-state index contributed by atoms with van der Waals surface area (Å²) in [6.07, 6.45) is 2.04. The molecule has 2 atom stereocenters. The largest absolute Gasteiger partial charge is 0.490 e. The molecule has 1 saturated heterocycles. The molecule has 6 heteroatoms. The van der Waals surface area contributed by atoms with Crippen molar-refractivity contribution in [1.82, 2.24) is 9.55 Å². The topological polar surface area (TPSA) is 71.2 Å². The van der Waals surface area contributed by atoms with Gasteiger partial charge in [0.05, 0.1) is 11.2 Å². The first kappa shape index (κ1) is 22.8. The summed E-state index contributed by atoms with van der Waals surface area (Å²) in [5, 5.41) is 9.30. The molecule has 172 valence electrons. The Labute approximate surface area is 195 Å². The van der Waals surface area contributed by atoms with Crippen molar-refractivity contribution in [3.63, 3.8) is 0 Å². The quantitative estimate of drug-likeness (QED) is 0.566. The Hall–Kier alpha value is -3.33. The van der Waals surface area contributed by atoms with Crippen molar-refractivity contribution in [2.45, 2.75) is 52.1 Å². The highest BCUT2D eigenvalue weighted by Crippen LogP contribution is 2.32. The van der Waals surface area contributed by atoms with Crippen LogP contribution in [0.15, 0.2) is 47.3 Å². The monoisotopic (exact) mass is 444 g/mol. The number of benzene rings is 1. The number of hydrogen-bond donors (Lipinski definition) is 0. The van der Waals surface area contributed by atoms with E-state index < -0.39 is 0 Å². The molecule has 1 aromatic carbocycles. The third kappa shape index (κ3) is 4.45. The number of rotatable bonds is 5. The number of aryl methyl sites for hydroxylation is 1. The predicted octanol–water partition coefficient (Wildman–Crippen LogP) is 4.79. The van der Waals surface area contributed by atoms with Crippen molar-refractivity contribution >= 4 is 16.7 Å². The molecule has 0 bridgehead atoms. The second-order valence-corrected chi connectivity index (χ2v) is 9.73. The lowest BCUT2D eigenvalue weighted by molar-refractivity contribution is 0.121. The fourth-order valence-electron chi connectivity index (χ4n) is 4.50. The van der Waals surface area contributed by atoms with E-state index in [4.69, 9.17) is 4.74 Å². The van der Waals surface area contributed by atoms with Gasteiger partial charge in [0, 0.05) is 38.5 Å². The van der Waals surface area contributed by atoms with Crippen LogP contribution in [0.3, 0.4) is 0 Å². The van der Waals surface area contributed by atoms with Crippen LogP contribution >= 0.6 is 0 Å². The van der Waals surface area contributed by atoms with E-state index in [0.717, 1.165) is 42.9 Å². The summed E-state index contributed by atoms with van der Waals surface area (Å²) in [5.41, 5.74) is 3.97. The van der Waals surface area contributed by atoms with Crippen LogP contribution in [0.2, 0.25) is 0 Å². The summed E-state index contributed by atoms with van der Waals surface area (Å²) in [6, 6.07) is 15.7. The Kier molecular flexibility index (Phi) is 6.16. The molecule has 3 aromatic rings. The molecule has 0 radical (unpaired) electrons. The van der Waals surface area contributed by atoms with Crippen LogP contribution in [0.25, 0.3) is 11.0 Å². The van der Waals surface area contributed by atoms with Gasteiger partial charge in [-0.15, -0.1) is 0 Å². The lowest BCUT2D eigenvalue weighted by atomic mass is 9.82. The van der Waals surface area contributed by atoms with E-state index in [0.29, 0.717) is 11.2 Å². The van der Waals surface area contributed by atoms with E-state index in [1.807, 2.05) is 0 Å². The van der Waals surface area contributed by atoms with Gasteiger partial charge in [-0.25, -0.2) is 4.98 Å². The summed E-state index contributed by atoms with van der Waals surface area (Å²) in [7, 11) is 1.73. The predicted molar refractivity (Wildman–Crippen MR) is 132 cm³/mol. The van der Waals surface area contributed by atoms with Crippen LogP contribution in [0.5, 0.6) is 5.75 Å². The third-order valence-electron chi connectivity index (χ3n) is 7.16. The Balaban J connectivity index is 1.53. The van der Waals surface area contributed by atoms with E-state index in [-0.39, 0.29) is 23.0 Å². The van der Waals surface area contributed by atoms with Gasteiger partial charge in [-0.2, -0.15) is 5.26 Å². The number of anilines is 1. The van der Waals surface area contributed by atoms with Gasteiger partial charge in [0.25, 0.3) is 5.56 Å². The van der Waals surface area contributed by atoms with Gasteiger partial charge >= 0.3 is 0 Å². The van der Waals surface area contributed by atoms with Crippen molar-refractivity contribution in [2.75, 3.05) is 18.0 Å². The van der Waals surface area contributed by atoms with Gasteiger partial charge in [-0.05, 0) is 41.7 Å². The first-order valence-electron chi connectivity index (χ1n) is 11.7. The number of aromatic nitrogens is 2. The third-order valence-corrected chi connectivity index (χ3v) is 7.16. The summed E-state index contributed by atoms with van der Waals surface area (Å²) in [6.45, 7) is 10.4. The molecule has 0 spiro atoms. The molecule has 33 heavy (non-hydrogen) atoms. The van der Waals surface area contributed by atoms with E-state index >= 15 is 0 Å². The van der Waals surface area contributed by atoms with Gasteiger partial charge in [0.15, 0.2) is 0 Å². The smallest absolute Gasteiger partial charge is 0.252 e. The van der Waals surface area contributed by atoms with E-state index in [1.54, 1.807) is 29.8 Å². The molecular formula is C27H32N4O2. The lowest BCUT2D eigenvalue weighted by Gasteiger charge is -2.38. The number of piperidine rings is 1. The molecule has 6 nitrogen and oxygen atoms in total. The average Bonchev–Trinajstić information content (AvgIpc) is 2.82. The number of pyridine rings is 2. The van der Waals surface area contributed by atoms with E-state index in [2.05, 4.69) is 67.9 Å². The number of ether oxygens (including phenoxy) is 1. The highest BCUT2D eigenvalue weighted by molar-refractivity contribution is 5.88. The summed E-state index contributed by atoms with van der Waals surface area (Å²) < 4.78 is 7.95. The molecule has 2 aromatic heterocycles. The maximum atomic E-state index is 12.6. The lowest BCUT2D eigenvalue weighted by Crippen LogP contribution is -2.45. The minimum absolute atomic E-state index is 0.0786. The summed E-state index contributed by atoms with van der Waals surface area (Å²) in [4.78, 5) is 19.3. The van der Waals surface area contributed by atoms with Crippen LogP contribution in [-0.4, -0.2) is 28.7 Å². The van der Waals surface area contributed by atoms with Crippen LogP contribution in [0.4, 0.5) is 5.69 Å². The molecule has 0 N–H and O–H groups in total. The Morgan fingerprint density at radius 1 is 1.21 bits per heavy atom. The fraction of sp³-hybridized carbons (Fsp3) is 0.444. The number of fused-ring (bicyclic) bond motifs is 1. The first-order chi connectivity index (χ1) is 15.7. The normalized spacial score (nSPS) is 18.8. The minimum atomic E-state index is -0.0786. The zero-order valence-corrected chi connectivity index (χ0v) is 20.1. The molecule has 3 heterocycles. The van der Waals surface area contributed by atoms with Gasteiger partial charge in [-0.3, -0.25) is 4.79 Å². The van der Waals surface area contributed by atoms with Crippen molar-refractivity contribution in [3.8, 4) is 11.8 Å². The van der Waals surface area contributed by atoms with Crippen LogP contribution in [0.1, 0.15) is 51.8 Å². The zero-order valence-electron chi connectivity index (χ0n) is 20.1.